The molecule has 0 bridgehead atoms. The highest BCUT2D eigenvalue weighted by molar-refractivity contribution is 5.45. The number of hydrogen-bond acceptors (Lipinski definition) is 0. The molecule has 0 aliphatic rings. The van der Waals surface area contributed by atoms with Crippen molar-refractivity contribution in [2.75, 3.05) is 0 Å². The topological polar surface area (TPSA) is 0 Å². The molecule has 0 amide bonds. The molecule has 0 saturated heterocycles. The molecule has 0 saturated carbocycles. The lowest BCUT2D eigenvalue weighted by Crippen LogP contribution is -1.63. The van der Waals surface area contributed by atoms with Gasteiger partial charge in [0.15, 0.2) is 0 Å². The molecule has 0 heterocycles. The van der Waals surface area contributed by atoms with E-state index in [1.807, 2.05) is 43.3 Å². The first-order chi connectivity index (χ1) is 6.20. The molecule has 70 valence electrons. The van der Waals surface area contributed by atoms with Crippen LogP contribution in [0.1, 0.15) is 13.9 Å². The van der Waals surface area contributed by atoms with E-state index >= 15 is 0 Å². The van der Waals surface area contributed by atoms with E-state index in [2.05, 4.69) is 19.7 Å². The van der Waals surface area contributed by atoms with Crippen LogP contribution in [0.15, 0.2) is 61.7 Å². The van der Waals surface area contributed by atoms with E-state index in [1.165, 1.54) is 5.56 Å². The largest absolute Gasteiger partial charge is 0.0988 e. The van der Waals surface area contributed by atoms with E-state index in [-0.39, 0.29) is 1.43 Å². The number of hydrogen-bond donors (Lipinski definition) is 0. The smallest absolute Gasteiger partial charge is 0 e. The summed E-state index contributed by atoms with van der Waals surface area (Å²) in [5, 5.41) is 0. The summed E-state index contributed by atoms with van der Waals surface area (Å²) in [6.07, 6.45) is 3.56. The fraction of sp³-hybridized carbons (Fsp3) is 0.0769. The lowest BCUT2D eigenvalue weighted by Gasteiger charge is -1.85. The number of allylic oxidation sites excluding steroid dienone is 2. The molecule has 0 nitrogen and oxygen atoms in total. The zero-order valence-electron chi connectivity index (χ0n) is 8.16. The van der Waals surface area contributed by atoms with Gasteiger partial charge < -0.3 is 0 Å². The molecule has 0 radical (unpaired) electrons. The van der Waals surface area contributed by atoms with Crippen molar-refractivity contribution in [3.8, 4) is 0 Å². The Morgan fingerprint density at radius 1 is 1.23 bits per heavy atom. The van der Waals surface area contributed by atoms with Crippen molar-refractivity contribution >= 4 is 6.08 Å². The summed E-state index contributed by atoms with van der Waals surface area (Å²) in [5.74, 6) is 0. The van der Waals surface area contributed by atoms with Gasteiger partial charge in [-0.05, 0) is 12.5 Å². The average molecular weight is 174 g/mol. The number of rotatable bonds is 2. The highest BCUT2D eigenvalue weighted by atomic mass is 13.8. The van der Waals surface area contributed by atoms with Gasteiger partial charge >= 0.3 is 0 Å². The molecule has 0 aromatic heterocycles. The summed E-state index contributed by atoms with van der Waals surface area (Å²) in [5.41, 5.74) is 2.19. The van der Waals surface area contributed by atoms with E-state index in [0.29, 0.717) is 0 Å². The lowest BCUT2D eigenvalue weighted by molar-refractivity contribution is 1.58. The predicted molar refractivity (Wildman–Crippen MR) is 63.7 cm³/mol. The van der Waals surface area contributed by atoms with Gasteiger partial charge in [0.05, 0.1) is 0 Å². The Hall–Kier alpha value is -1.56. The highest BCUT2D eigenvalue weighted by Gasteiger charge is 1.75. The summed E-state index contributed by atoms with van der Waals surface area (Å²) < 4.78 is 0. The Morgan fingerprint density at radius 2 is 1.69 bits per heavy atom. The van der Waals surface area contributed by atoms with Crippen molar-refractivity contribution in [2.45, 2.75) is 6.92 Å². The molecule has 1 rings (SSSR count). The van der Waals surface area contributed by atoms with Crippen LogP contribution in [-0.2, 0) is 0 Å². The summed E-state index contributed by atoms with van der Waals surface area (Å²) in [6.45, 7) is 12.6. The molecule has 0 atom stereocenters. The predicted octanol–water partition coefficient (Wildman–Crippen LogP) is 4.32. The van der Waals surface area contributed by atoms with Gasteiger partial charge in [-0.25, -0.2) is 0 Å². The van der Waals surface area contributed by atoms with Crippen molar-refractivity contribution in [1.82, 2.24) is 0 Å². The molecular formula is C13H18. The second-order valence-corrected chi connectivity index (χ2v) is 2.67. The van der Waals surface area contributed by atoms with Crippen LogP contribution in [0, 0.1) is 0 Å². The molecule has 1 aromatic carbocycles. The van der Waals surface area contributed by atoms with E-state index < -0.39 is 0 Å². The summed E-state index contributed by atoms with van der Waals surface area (Å²) >= 11 is 0. The van der Waals surface area contributed by atoms with Crippen LogP contribution < -0.4 is 0 Å². The maximum Gasteiger partial charge on any atom is 0 e. The molecule has 0 aliphatic carbocycles. The third-order valence-corrected chi connectivity index (χ3v) is 1.38. The van der Waals surface area contributed by atoms with Gasteiger partial charge in [-0.3, -0.25) is 0 Å². The molecule has 0 N–H and O–H groups in total. The fourth-order valence-electron chi connectivity index (χ4n) is 0.589. The van der Waals surface area contributed by atoms with Crippen LogP contribution in [0.5, 0.6) is 0 Å². The first-order valence-electron chi connectivity index (χ1n) is 4.16. The van der Waals surface area contributed by atoms with Crippen LogP contribution in [0.4, 0.5) is 0 Å². The van der Waals surface area contributed by atoms with Crippen molar-refractivity contribution in [3.63, 3.8) is 0 Å². The maximum absolute atomic E-state index is 3.63. The van der Waals surface area contributed by atoms with Gasteiger partial charge in [0.2, 0.25) is 0 Å². The van der Waals surface area contributed by atoms with Gasteiger partial charge in [0.25, 0.3) is 0 Å². The van der Waals surface area contributed by atoms with Gasteiger partial charge in [-0.1, -0.05) is 67.8 Å². The molecule has 0 fully saturated rings. The minimum absolute atomic E-state index is 0. The Labute approximate surface area is 82.4 Å². The van der Waals surface area contributed by atoms with Crippen LogP contribution >= 0.6 is 0 Å². The maximum atomic E-state index is 3.63. The van der Waals surface area contributed by atoms with E-state index in [4.69, 9.17) is 0 Å². The van der Waals surface area contributed by atoms with Crippen molar-refractivity contribution in [3.05, 3.63) is 67.3 Å². The second kappa shape index (κ2) is 7.11. The lowest BCUT2D eigenvalue weighted by atomic mass is 10.2. The van der Waals surface area contributed by atoms with Crippen molar-refractivity contribution in [1.29, 1.82) is 0 Å². The van der Waals surface area contributed by atoms with Gasteiger partial charge in [0.1, 0.15) is 0 Å². The van der Waals surface area contributed by atoms with Gasteiger partial charge in [-0.2, -0.15) is 0 Å². The number of benzene rings is 1. The highest BCUT2D eigenvalue weighted by Crippen LogP contribution is 1.97. The quantitative estimate of drug-likeness (QED) is 0.585. The SMILES string of the molecule is C=CC(=C)C.C=Cc1ccccc1.[HH]. The molecular weight excluding hydrogens is 156 g/mol. The average Bonchev–Trinajstić information content (AvgIpc) is 2.20. The van der Waals surface area contributed by atoms with Gasteiger partial charge in [0, 0.05) is 1.43 Å². The normalized spacial score (nSPS) is 7.77. The molecule has 0 aliphatic heterocycles. The monoisotopic (exact) mass is 174 g/mol. The Bertz CT molecular complexity index is 273. The standard InChI is InChI=1S/C8H8.C5H8.H2/c1-2-8-6-4-3-5-7-8;1-4-5(2)3;/h2-7H,1H2;4H,1-2H2,3H3;1H. The second-order valence-electron chi connectivity index (χ2n) is 2.67. The molecule has 0 unspecified atom stereocenters. The molecule has 1 aromatic rings. The van der Waals surface area contributed by atoms with E-state index in [0.717, 1.165) is 5.57 Å². The fourth-order valence-corrected chi connectivity index (χ4v) is 0.589. The third kappa shape index (κ3) is 6.82. The molecule has 13 heavy (non-hydrogen) atoms. The summed E-state index contributed by atoms with van der Waals surface area (Å²) in [4.78, 5) is 0. The molecule has 0 spiro atoms. The van der Waals surface area contributed by atoms with Crippen LogP contribution in [0.25, 0.3) is 6.08 Å². The zero-order chi connectivity index (χ0) is 10.1. The Kier molecular flexibility index (Phi) is 6.26. The third-order valence-electron chi connectivity index (χ3n) is 1.38. The van der Waals surface area contributed by atoms with E-state index in [1.54, 1.807) is 6.08 Å². The van der Waals surface area contributed by atoms with Crippen LogP contribution in [-0.4, -0.2) is 0 Å². The van der Waals surface area contributed by atoms with Gasteiger partial charge in [-0.15, -0.1) is 0 Å². The molecule has 0 heteroatoms. The first kappa shape index (κ1) is 11.4. The first-order valence-corrected chi connectivity index (χ1v) is 4.16. The Balaban J connectivity index is 0. The van der Waals surface area contributed by atoms with Crippen molar-refractivity contribution < 1.29 is 1.43 Å². The Morgan fingerprint density at radius 3 is 1.92 bits per heavy atom. The minimum Gasteiger partial charge on any atom is -0.0988 e. The van der Waals surface area contributed by atoms with Crippen molar-refractivity contribution in [2.24, 2.45) is 0 Å². The van der Waals surface area contributed by atoms with E-state index in [9.17, 15) is 0 Å². The van der Waals surface area contributed by atoms with Crippen LogP contribution in [0.2, 0.25) is 0 Å². The summed E-state index contributed by atoms with van der Waals surface area (Å²) in [6, 6.07) is 10.0. The minimum atomic E-state index is 0. The summed E-state index contributed by atoms with van der Waals surface area (Å²) in [7, 11) is 0. The zero-order valence-corrected chi connectivity index (χ0v) is 8.16. The van der Waals surface area contributed by atoms with Crippen LogP contribution in [0.3, 0.4) is 0 Å².